The van der Waals surface area contributed by atoms with Crippen molar-refractivity contribution in [1.82, 2.24) is 9.97 Å². The van der Waals surface area contributed by atoms with Gasteiger partial charge in [-0.05, 0) is 42.8 Å². The van der Waals surface area contributed by atoms with Gasteiger partial charge >= 0.3 is 6.03 Å². The molecule has 0 aliphatic carbocycles. The Morgan fingerprint density at radius 1 is 0.651 bits per heavy atom. The van der Waals surface area contributed by atoms with Crippen LogP contribution >= 0.6 is 0 Å². The molecule has 0 atom stereocenters. The average molecular weight is 583 g/mol. The van der Waals surface area contributed by atoms with Crippen molar-refractivity contribution in [2.24, 2.45) is 0 Å². The Hall–Kier alpha value is -4.38. The number of urea groups is 1. The van der Waals surface area contributed by atoms with Crippen molar-refractivity contribution >= 4 is 34.9 Å². The molecule has 0 aliphatic rings. The number of nitrogens with zero attached hydrogens (tertiary/aromatic N) is 2. The normalized spacial score (nSPS) is 10.4. The fraction of sp³-hybridized carbons (Fsp3) is 0.429. The van der Waals surface area contributed by atoms with E-state index in [0.29, 0.717) is 29.0 Å². The molecule has 43 heavy (non-hydrogen) atoms. The topological polar surface area (TPSA) is 122 Å². The van der Waals surface area contributed by atoms with Gasteiger partial charge in [0.1, 0.15) is 0 Å². The zero-order valence-electron chi connectivity index (χ0n) is 25.5. The van der Waals surface area contributed by atoms with E-state index in [1.54, 1.807) is 42.7 Å². The summed E-state index contributed by atoms with van der Waals surface area (Å²) < 4.78 is 0. The largest absolute Gasteiger partial charge is 0.368 e. The minimum absolute atomic E-state index is 0.00636. The molecule has 2 aromatic carbocycles. The van der Waals surface area contributed by atoms with Crippen molar-refractivity contribution in [3.8, 4) is 11.8 Å². The van der Waals surface area contributed by atoms with Crippen LogP contribution in [0.3, 0.4) is 0 Å². The molecule has 8 nitrogen and oxygen atoms in total. The van der Waals surface area contributed by atoms with Crippen LogP contribution in [0.5, 0.6) is 0 Å². The van der Waals surface area contributed by atoms with E-state index >= 15 is 0 Å². The van der Waals surface area contributed by atoms with Crippen molar-refractivity contribution in [2.75, 3.05) is 21.7 Å². The molecule has 0 saturated carbocycles. The van der Waals surface area contributed by atoms with Crippen LogP contribution in [0.4, 0.5) is 27.8 Å². The second-order valence-corrected chi connectivity index (χ2v) is 10.9. The molecule has 3 aromatic rings. The van der Waals surface area contributed by atoms with Crippen LogP contribution in [0, 0.1) is 11.8 Å². The molecule has 0 fully saturated rings. The van der Waals surface area contributed by atoms with Gasteiger partial charge in [0.05, 0.1) is 5.56 Å². The standard InChI is InChI=1S/C35H46N6O2/c1-2-3-4-5-6-7-8-9-10-11-12-13-14-21-33(42)39-31-19-16-20-32(25-31)41-35(43)40-30-18-15-17-28(24-30)22-23-29-26-37-34(36)38-27-29/h15-20,24-27H,2-14,21H2,1H3,(H,39,42)(H2,36,37,38)(H2,40,41,43). The summed E-state index contributed by atoms with van der Waals surface area (Å²) in [4.78, 5) is 32.9. The fourth-order valence-electron chi connectivity index (χ4n) is 4.72. The molecule has 3 rings (SSSR count). The number of benzene rings is 2. The zero-order chi connectivity index (χ0) is 30.5. The van der Waals surface area contributed by atoms with Crippen LogP contribution < -0.4 is 21.7 Å². The molecule has 0 unspecified atom stereocenters. The number of amides is 3. The summed E-state index contributed by atoms with van der Waals surface area (Å²) in [5.41, 5.74) is 8.70. The molecule has 8 heteroatoms. The Balaban J connectivity index is 1.32. The van der Waals surface area contributed by atoms with Crippen molar-refractivity contribution in [3.63, 3.8) is 0 Å². The van der Waals surface area contributed by atoms with Gasteiger partial charge in [-0.1, -0.05) is 108 Å². The number of rotatable bonds is 17. The Labute approximate surface area is 256 Å². The first kappa shape index (κ1) is 33.1. The van der Waals surface area contributed by atoms with Crippen LogP contribution in [0.15, 0.2) is 60.9 Å². The first-order valence-electron chi connectivity index (χ1n) is 15.7. The third-order valence-electron chi connectivity index (χ3n) is 7.06. The lowest BCUT2D eigenvalue weighted by molar-refractivity contribution is -0.116. The predicted octanol–water partition coefficient (Wildman–Crippen LogP) is 8.52. The lowest BCUT2D eigenvalue weighted by atomic mass is 10.0. The van der Waals surface area contributed by atoms with Crippen molar-refractivity contribution in [2.45, 2.75) is 96.8 Å². The van der Waals surface area contributed by atoms with Crippen LogP contribution in [0.2, 0.25) is 0 Å². The first-order chi connectivity index (χ1) is 21.0. The van der Waals surface area contributed by atoms with E-state index in [-0.39, 0.29) is 11.9 Å². The van der Waals surface area contributed by atoms with Crippen molar-refractivity contribution in [1.29, 1.82) is 0 Å². The van der Waals surface area contributed by atoms with E-state index in [1.165, 1.54) is 70.6 Å². The number of anilines is 4. The van der Waals surface area contributed by atoms with Gasteiger partial charge in [0.25, 0.3) is 0 Å². The summed E-state index contributed by atoms with van der Waals surface area (Å²) >= 11 is 0. The highest BCUT2D eigenvalue weighted by atomic mass is 16.2. The number of unbranched alkanes of at least 4 members (excludes halogenated alkanes) is 12. The number of aromatic nitrogens is 2. The molecule has 228 valence electrons. The molecular weight excluding hydrogens is 536 g/mol. The molecule has 0 bridgehead atoms. The number of nitrogens with two attached hydrogens (primary N) is 1. The van der Waals surface area contributed by atoms with Crippen molar-refractivity contribution < 1.29 is 9.59 Å². The van der Waals surface area contributed by atoms with E-state index in [2.05, 4.69) is 44.7 Å². The van der Waals surface area contributed by atoms with Gasteiger partial charge < -0.3 is 21.7 Å². The molecule has 0 spiro atoms. The molecule has 1 heterocycles. The molecule has 3 amide bonds. The Morgan fingerprint density at radius 2 is 1.14 bits per heavy atom. The van der Waals surface area contributed by atoms with Crippen LogP contribution in [0.25, 0.3) is 0 Å². The zero-order valence-corrected chi connectivity index (χ0v) is 25.5. The van der Waals surface area contributed by atoms with E-state index in [1.807, 2.05) is 18.2 Å². The summed E-state index contributed by atoms with van der Waals surface area (Å²) in [6.07, 6.45) is 20.2. The van der Waals surface area contributed by atoms with Gasteiger partial charge in [0.15, 0.2) is 0 Å². The minimum atomic E-state index is -0.396. The first-order valence-corrected chi connectivity index (χ1v) is 15.7. The highest BCUT2D eigenvalue weighted by molar-refractivity contribution is 6.00. The van der Waals surface area contributed by atoms with E-state index in [0.717, 1.165) is 18.4 Å². The summed E-state index contributed by atoms with van der Waals surface area (Å²) in [6.45, 7) is 2.26. The third-order valence-corrected chi connectivity index (χ3v) is 7.06. The molecule has 0 aliphatic heterocycles. The number of carbonyl (C=O) groups is 2. The number of hydrogen-bond acceptors (Lipinski definition) is 5. The van der Waals surface area contributed by atoms with Gasteiger partial charge in [-0.15, -0.1) is 0 Å². The van der Waals surface area contributed by atoms with Gasteiger partial charge in [0.2, 0.25) is 11.9 Å². The quantitative estimate of drug-likeness (QED) is 0.0938. The predicted molar refractivity (Wildman–Crippen MR) is 177 cm³/mol. The lowest BCUT2D eigenvalue weighted by Crippen LogP contribution is -2.19. The fourth-order valence-corrected chi connectivity index (χ4v) is 4.72. The average Bonchev–Trinajstić information content (AvgIpc) is 2.99. The molecule has 5 N–H and O–H groups in total. The lowest BCUT2D eigenvalue weighted by Gasteiger charge is -2.10. The smallest absolute Gasteiger partial charge is 0.323 e. The Morgan fingerprint density at radius 3 is 1.74 bits per heavy atom. The summed E-state index contributed by atoms with van der Waals surface area (Å²) in [6, 6.07) is 14.0. The van der Waals surface area contributed by atoms with Gasteiger partial charge in [0, 0.05) is 41.4 Å². The number of nitrogen functional groups attached to an aromatic ring is 1. The second kappa shape index (κ2) is 19.7. The van der Waals surface area contributed by atoms with Crippen LogP contribution in [-0.2, 0) is 4.79 Å². The number of hydrogen-bond donors (Lipinski definition) is 4. The highest BCUT2D eigenvalue weighted by Gasteiger charge is 2.06. The number of carbonyl (C=O) groups excluding carboxylic acids is 2. The third kappa shape index (κ3) is 14.4. The van der Waals surface area contributed by atoms with E-state index < -0.39 is 6.03 Å². The van der Waals surface area contributed by atoms with Gasteiger partial charge in [-0.25, -0.2) is 14.8 Å². The maximum Gasteiger partial charge on any atom is 0.323 e. The maximum atomic E-state index is 12.6. The highest BCUT2D eigenvalue weighted by Crippen LogP contribution is 2.18. The Kier molecular flexibility index (Phi) is 15.2. The van der Waals surface area contributed by atoms with Crippen LogP contribution in [-0.4, -0.2) is 21.9 Å². The van der Waals surface area contributed by atoms with Crippen molar-refractivity contribution in [3.05, 3.63) is 72.1 Å². The summed E-state index contributed by atoms with van der Waals surface area (Å²) in [5.74, 6) is 6.19. The molecule has 0 radical (unpaired) electrons. The number of nitrogens with one attached hydrogen (secondary N) is 3. The molecular formula is C35H46N6O2. The molecule has 1 aromatic heterocycles. The summed E-state index contributed by atoms with van der Waals surface area (Å²) in [7, 11) is 0. The van der Waals surface area contributed by atoms with Gasteiger partial charge in [-0.3, -0.25) is 4.79 Å². The second-order valence-electron chi connectivity index (χ2n) is 10.9. The monoisotopic (exact) mass is 582 g/mol. The Bertz CT molecular complexity index is 1330. The maximum absolute atomic E-state index is 12.6. The van der Waals surface area contributed by atoms with Gasteiger partial charge in [-0.2, -0.15) is 0 Å². The van der Waals surface area contributed by atoms with Crippen LogP contribution in [0.1, 0.15) is 108 Å². The minimum Gasteiger partial charge on any atom is -0.368 e. The van der Waals surface area contributed by atoms with E-state index in [4.69, 9.17) is 5.73 Å². The summed E-state index contributed by atoms with van der Waals surface area (Å²) in [5, 5.41) is 8.58. The molecule has 0 saturated heterocycles. The van der Waals surface area contributed by atoms with E-state index in [9.17, 15) is 9.59 Å². The SMILES string of the molecule is CCCCCCCCCCCCCCCC(=O)Nc1cccc(NC(=O)Nc2cccc(C#Cc3cnc(N)nc3)c2)c1.